The summed E-state index contributed by atoms with van der Waals surface area (Å²) in [5.74, 6) is 0. The lowest BCUT2D eigenvalue weighted by Crippen LogP contribution is -1.89. The second-order valence-electron chi connectivity index (χ2n) is 4.85. The van der Waals surface area contributed by atoms with Gasteiger partial charge in [-0.3, -0.25) is 0 Å². The highest BCUT2D eigenvalue weighted by atomic mass is 16.5. The zero-order valence-electron chi connectivity index (χ0n) is 11.9. The minimum Gasteiger partial charge on any atom is -0.389 e. The molecule has 1 N–H and O–H groups in total. The second kappa shape index (κ2) is 7.04. The fourth-order valence-electron chi connectivity index (χ4n) is 1.97. The number of aliphatic hydroxyl groups is 1. The van der Waals surface area contributed by atoms with Crippen LogP contribution in [0.5, 0.6) is 0 Å². The molecular formula is C18H20O2. The van der Waals surface area contributed by atoms with Crippen molar-refractivity contribution in [2.75, 3.05) is 7.11 Å². The molecule has 0 aliphatic rings. The molecule has 0 heterocycles. The van der Waals surface area contributed by atoms with E-state index in [0.29, 0.717) is 6.61 Å². The third-order valence-electron chi connectivity index (χ3n) is 3.18. The van der Waals surface area contributed by atoms with Crippen molar-refractivity contribution in [3.05, 3.63) is 70.8 Å². The van der Waals surface area contributed by atoms with E-state index in [0.717, 1.165) is 16.7 Å². The summed E-state index contributed by atoms with van der Waals surface area (Å²) in [6.07, 6.45) is 3.73. The van der Waals surface area contributed by atoms with Crippen molar-refractivity contribution in [3.63, 3.8) is 0 Å². The Labute approximate surface area is 120 Å². The van der Waals surface area contributed by atoms with Crippen LogP contribution < -0.4 is 0 Å². The Morgan fingerprint density at radius 3 is 1.90 bits per heavy atom. The van der Waals surface area contributed by atoms with Gasteiger partial charge in [0.1, 0.15) is 0 Å². The molecular weight excluding hydrogens is 248 g/mol. The molecule has 0 aliphatic carbocycles. The molecule has 0 saturated carbocycles. The maximum atomic E-state index is 9.46. The van der Waals surface area contributed by atoms with Crippen LogP contribution in [0.3, 0.4) is 0 Å². The SMILES string of the molecule is COCc1ccc(/C=C/c2ccc(C(C)O)cc2)cc1. The molecule has 0 aromatic heterocycles. The molecule has 20 heavy (non-hydrogen) atoms. The van der Waals surface area contributed by atoms with E-state index in [1.807, 2.05) is 24.3 Å². The van der Waals surface area contributed by atoms with E-state index in [2.05, 4.69) is 36.4 Å². The predicted molar refractivity (Wildman–Crippen MR) is 83.2 cm³/mol. The van der Waals surface area contributed by atoms with Gasteiger partial charge in [-0.25, -0.2) is 0 Å². The first-order valence-corrected chi connectivity index (χ1v) is 6.73. The number of hydrogen-bond acceptors (Lipinski definition) is 2. The van der Waals surface area contributed by atoms with Crippen molar-refractivity contribution in [2.45, 2.75) is 19.6 Å². The van der Waals surface area contributed by atoms with Gasteiger partial charge in [0.05, 0.1) is 12.7 Å². The molecule has 2 aromatic rings. The van der Waals surface area contributed by atoms with E-state index in [9.17, 15) is 5.11 Å². The van der Waals surface area contributed by atoms with Crippen molar-refractivity contribution in [1.29, 1.82) is 0 Å². The number of benzene rings is 2. The number of hydrogen-bond donors (Lipinski definition) is 1. The maximum Gasteiger partial charge on any atom is 0.0761 e. The first-order chi connectivity index (χ1) is 9.69. The fraction of sp³-hybridized carbons (Fsp3) is 0.222. The average Bonchev–Trinajstić information content (AvgIpc) is 2.47. The zero-order valence-corrected chi connectivity index (χ0v) is 11.9. The molecule has 0 spiro atoms. The van der Waals surface area contributed by atoms with Gasteiger partial charge in [0.2, 0.25) is 0 Å². The van der Waals surface area contributed by atoms with Gasteiger partial charge in [0.15, 0.2) is 0 Å². The Kier molecular flexibility index (Phi) is 5.10. The Morgan fingerprint density at radius 2 is 1.45 bits per heavy atom. The lowest BCUT2D eigenvalue weighted by Gasteiger charge is -2.04. The molecule has 0 aliphatic heterocycles. The van der Waals surface area contributed by atoms with Crippen LogP contribution in [0.15, 0.2) is 48.5 Å². The number of aliphatic hydroxyl groups excluding tert-OH is 1. The van der Waals surface area contributed by atoms with Gasteiger partial charge in [0, 0.05) is 7.11 Å². The van der Waals surface area contributed by atoms with E-state index in [1.165, 1.54) is 5.56 Å². The number of rotatable bonds is 5. The third kappa shape index (κ3) is 4.05. The van der Waals surface area contributed by atoms with E-state index in [-0.39, 0.29) is 0 Å². The van der Waals surface area contributed by atoms with E-state index in [1.54, 1.807) is 14.0 Å². The molecule has 104 valence electrons. The fourth-order valence-corrected chi connectivity index (χ4v) is 1.97. The van der Waals surface area contributed by atoms with Crippen molar-refractivity contribution in [2.24, 2.45) is 0 Å². The Bertz CT molecular complexity index is 551. The summed E-state index contributed by atoms with van der Waals surface area (Å²) in [5, 5.41) is 9.46. The van der Waals surface area contributed by atoms with Crippen molar-refractivity contribution in [3.8, 4) is 0 Å². The molecule has 1 atom stereocenters. The molecule has 1 unspecified atom stereocenters. The molecule has 0 bridgehead atoms. The average molecular weight is 268 g/mol. The highest BCUT2D eigenvalue weighted by Crippen LogP contribution is 2.15. The minimum absolute atomic E-state index is 0.415. The van der Waals surface area contributed by atoms with Crippen LogP contribution >= 0.6 is 0 Å². The van der Waals surface area contributed by atoms with Crippen LogP contribution in [-0.4, -0.2) is 12.2 Å². The molecule has 2 rings (SSSR count). The van der Waals surface area contributed by atoms with Crippen molar-refractivity contribution in [1.82, 2.24) is 0 Å². The van der Waals surface area contributed by atoms with Crippen molar-refractivity contribution < 1.29 is 9.84 Å². The molecule has 2 nitrogen and oxygen atoms in total. The van der Waals surface area contributed by atoms with E-state index in [4.69, 9.17) is 4.74 Å². The quantitative estimate of drug-likeness (QED) is 0.829. The van der Waals surface area contributed by atoms with Gasteiger partial charge in [-0.15, -0.1) is 0 Å². The predicted octanol–water partition coefficient (Wildman–Crippen LogP) is 4.06. The van der Waals surface area contributed by atoms with Gasteiger partial charge < -0.3 is 9.84 Å². The highest BCUT2D eigenvalue weighted by Gasteiger charge is 1.98. The number of methoxy groups -OCH3 is 1. The summed E-state index contributed by atoms with van der Waals surface area (Å²) in [6.45, 7) is 2.41. The van der Waals surface area contributed by atoms with Gasteiger partial charge in [-0.05, 0) is 29.2 Å². The van der Waals surface area contributed by atoms with Crippen LogP contribution in [0.2, 0.25) is 0 Å². The molecule has 2 heteroatoms. The summed E-state index contributed by atoms with van der Waals surface area (Å²) >= 11 is 0. The summed E-state index contributed by atoms with van der Waals surface area (Å²) < 4.78 is 5.09. The summed E-state index contributed by atoms with van der Waals surface area (Å²) in [4.78, 5) is 0. The highest BCUT2D eigenvalue weighted by molar-refractivity contribution is 5.69. The maximum absolute atomic E-state index is 9.46. The van der Waals surface area contributed by atoms with E-state index >= 15 is 0 Å². The summed E-state index contributed by atoms with van der Waals surface area (Å²) in [7, 11) is 1.70. The lowest BCUT2D eigenvalue weighted by molar-refractivity contribution is 0.185. The first kappa shape index (κ1) is 14.5. The van der Waals surface area contributed by atoms with E-state index < -0.39 is 6.10 Å². The molecule has 0 amide bonds. The van der Waals surface area contributed by atoms with Gasteiger partial charge in [-0.1, -0.05) is 60.7 Å². The van der Waals surface area contributed by atoms with Crippen LogP contribution in [0.4, 0.5) is 0 Å². The molecule has 2 aromatic carbocycles. The summed E-state index contributed by atoms with van der Waals surface area (Å²) in [5.41, 5.74) is 4.39. The van der Waals surface area contributed by atoms with Gasteiger partial charge in [0.25, 0.3) is 0 Å². The first-order valence-electron chi connectivity index (χ1n) is 6.73. The van der Waals surface area contributed by atoms with Crippen molar-refractivity contribution >= 4 is 12.2 Å². The normalized spacial score (nSPS) is 12.8. The van der Waals surface area contributed by atoms with Crippen LogP contribution in [0.25, 0.3) is 12.2 Å². The topological polar surface area (TPSA) is 29.5 Å². The Balaban J connectivity index is 2.04. The summed E-state index contributed by atoms with van der Waals surface area (Å²) in [6, 6.07) is 16.2. The lowest BCUT2D eigenvalue weighted by atomic mass is 10.1. The minimum atomic E-state index is -0.415. The van der Waals surface area contributed by atoms with Gasteiger partial charge >= 0.3 is 0 Å². The van der Waals surface area contributed by atoms with Crippen LogP contribution in [0.1, 0.15) is 35.3 Å². The molecule has 0 saturated heterocycles. The standard InChI is InChI=1S/C18H20O2/c1-14(19)18-11-9-16(10-12-18)4-3-15-5-7-17(8-6-15)13-20-2/h3-12,14,19H,13H2,1-2H3/b4-3+. The third-order valence-corrected chi connectivity index (χ3v) is 3.18. The Hall–Kier alpha value is -1.90. The zero-order chi connectivity index (χ0) is 14.4. The van der Waals surface area contributed by atoms with Crippen LogP contribution in [0, 0.1) is 0 Å². The second-order valence-corrected chi connectivity index (χ2v) is 4.85. The largest absolute Gasteiger partial charge is 0.389 e. The van der Waals surface area contributed by atoms with Crippen LogP contribution in [-0.2, 0) is 11.3 Å². The molecule has 0 radical (unpaired) electrons. The Morgan fingerprint density at radius 1 is 0.950 bits per heavy atom. The van der Waals surface area contributed by atoms with Gasteiger partial charge in [-0.2, -0.15) is 0 Å². The smallest absolute Gasteiger partial charge is 0.0761 e. The monoisotopic (exact) mass is 268 g/mol. The molecule has 0 fully saturated rings. The number of ether oxygens (including phenoxy) is 1.